The first-order chi connectivity index (χ1) is 18.8. The van der Waals surface area contributed by atoms with E-state index in [2.05, 4.69) is 134 Å². The third kappa shape index (κ3) is 3.52. The number of halogens is 1. The number of methoxy groups -OCH3 is 1. The molecule has 0 saturated heterocycles. The van der Waals surface area contributed by atoms with Crippen LogP contribution < -0.4 is 9.47 Å². The molecular formula is C36H29IO2. The summed E-state index contributed by atoms with van der Waals surface area (Å²) in [6.07, 6.45) is 4.56. The summed E-state index contributed by atoms with van der Waals surface area (Å²) in [6.45, 7) is 6.82. The topological polar surface area (TPSA) is 18.5 Å². The van der Waals surface area contributed by atoms with Gasteiger partial charge in [-0.3, -0.25) is 0 Å². The van der Waals surface area contributed by atoms with Gasteiger partial charge in [0.1, 0.15) is 11.5 Å². The van der Waals surface area contributed by atoms with Gasteiger partial charge in [-0.15, -0.1) is 0 Å². The smallest absolute Gasteiger partial charge is 0.178 e. The highest BCUT2D eigenvalue weighted by Crippen LogP contribution is 2.58. The highest BCUT2D eigenvalue weighted by atomic mass is 127. The van der Waals surface area contributed by atoms with Gasteiger partial charge >= 0.3 is 0 Å². The summed E-state index contributed by atoms with van der Waals surface area (Å²) in [5.41, 5.74) is 9.02. The van der Waals surface area contributed by atoms with Crippen molar-refractivity contribution in [2.45, 2.75) is 31.8 Å². The minimum atomic E-state index is -0.769. The van der Waals surface area contributed by atoms with Crippen LogP contribution in [0, 0.1) is 10.5 Å². The van der Waals surface area contributed by atoms with Gasteiger partial charge in [0.25, 0.3) is 0 Å². The van der Waals surface area contributed by atoms with E-state index in [4.69, 9.17) is 9.47 Å². The number of hydrogen-bond donors (Lipinski definition) is 0. The van der Waals surface area contributed by atoms with Crippen LogP contribution in [0.4, 0.5) is 0 Å². The number of ether oxygens (including phenoxy) is 2. The van der Waals surface area contributed by atoms with Crippen molar-refractivity contribution in [3.05, 3.63) is 134 Å². The highest BCUT2D eigenvalue weighted by molar-refractivity contribution is 14.1. The van der Waals surface area contributed by atoms with Crippen LogP contribution in [-0.2, 0) is 11.0 Å². The monoisotopic (exact) mass is 620 g/mol. The molecule has 0 spiro atoms. The predicted molar refractivity (Wildman–Crippen MR) is 169 cm³/mol. The lowest BCUT2D eigenvalue weighted by atomic mass is 9.77. The van der Waals surface area contributed by atoms with Gasteiger partial charge in [0.2, 0.25) is 0 Å². The molecule has 5 aromatic carbocycles. The molecule has 7 rings (SSSR count). The van der Waals surface area contributed by atoms with E-state index in [9.17, 15) is 0 Å². The molecular weight excluding hydrogens is 591 g/mol. The molecule has 0 saturated carbocycles. The SMILES string of the molecule is COc1ccc(C2(c3ccc(C)cc3)C=Cc3c4c(c5ccccc5c3O2)-c2ccc(I)cc2C4(C)C)cc1. The van der Waals surface area contributed by atoms with Crippen molar-refractivity contribution in [1.29, 1.82) is 0 Å². The van der Waals surface area contributed by atoms with E-state index in [1.54, 1.807) is 7.11 Å². The molecule has 2 aliphatic rings. The largest absolute Gasteiger partial charge is 0.497 e. The normalized spacial score (nSPS) is 18.3. The Hall–Kier alpha value is -3.57. The average Bonchev–Trinajstić information content (AvgIpc) is 3.19. The molecule has 0 bridgehead atoms. The van der Waals surface area contributed by atoms with Gasteiger partial charge in [0.05, 0.1) is 7.11 Å². The molecule has 192 valence electrons. The maximum Gasteiger partial charge on any atom is 0.178 e. The Labute approximate surface area is 243 Å². The van der Waals surface area contributed by atoms with E-state index in [0.29, 0.717) is 0 Å². The quantitative estimate of drug-likeness (QED) is 0.187. The Morgan fingerprint density at radius 2 is 1.46 bits per heavy atom. The summed E-state index contributed by atoms with van der Waals surface area (Å²) in [5, 5.41) is 2.38. The van der Waals surface area contributed by atoms with Gasteiger partial charge in [-0.25, -0.2) is 0 Å². The summed E-state index contributed by atoms with van der Waals surface area (Å²) >= 11 is 2.43. The maximum atomic E-state index is 7.33. The zero-order valence-corrected chi connectivity index (χ0v) is 24.7. The van der Waals surface area contributed by atoms with Crippen LogP contribution in [0.1, 0.15) is 47.2 Å². The summed E-state index contributed by atoms with van der Waals surface area (Å²) < 4.78 is 14.1. The third-order valence-electron chi connectivity index (χ3n) is 8.50. The van der Waals surface area contributed by atoms with Crippen molar-refractivity contribution in [2.24, 2.45) is 0 Å². The Bertz CT molecular complexity index is 1800. The predicted octanol–water partition coefficient (Wildman–Crippen LogP) is 9.42. The fourth-order valence-electron chi connectivity index (χ4n) is 6.52. The molecule has 0 N–H and O–H groups in total. The number of fused-ring (bicyclic) bond motifs is 8. The van der Waals surface area contributed by atoms with Crippen LogP contribution in [0.5, 0.6) is 11.5 Å². The summed E-state index contributed by atoms with van der Waals surface area (Å²) in [7, 11) is 1.70. The molecule has 0 radical (unpaired) electrons. The standard InChI is InChI=1S/C36H29IO2/c1-22-9-11-23(12-10-22)36(24-13-16-26(38-4)17-14-24)20-19-30-33-32(27-7-5-6-8-28(27)34(30)39-36)29-18-15-25(37)21-31(29)35(33,2)3/h5-21H,1-4H3. The molecule has 0 fully saturated rings. The molecule has 3 heteroatoms. The molecule has 2 nitrogen and oxygen atoms in total. The van der Waals surface area contributed by atoms with Gasteiger partial charge in [-0.05, 0) is 87.5 Å². The third-order valence-corrected chi connectivity index (χ3v) is 9.17. The van der Waals surface area contributed by atoms with E-state index in [0.717, 1.165) is 28.0 Å². The van der Waals surface area contributed by atoms with E-state index < -0.39 is 5.60 Å². The van der Waals surface area contributed by atoms with E-state index in [1.165, 1.54) is 42.3 Å². The average molecular weight is 621 g/mol. The van der Waals surface area contributed by atoms with Gasteiger partial charge in [0, 0.05) is 31.1 Å². The first-order valence-electron chi connectivity index (χ1n) is 13.3. The second-order valence-electron chi connectivity index (χ2n) is 11.1. The molecule has 1 unspecified atom stereocenters. The van der Waals surface area contributed by atoms with Gasteiger partial charge in [0.15, 0.2) is 5.60 Å². The summed E-state index contributed by atoms with van der Waals surface area (Å²) in [6, 6.07) is 32.5. The van der Waals surface area contributed by atoms with E-state index in [-0.39, 0.29) is 5.41 Å². The molecule has 39 heavy (non-hydrogen) atoms. The van der Waals surface area contributed by atoms with Gasteiger partial charge < -0.3 is 9.47 Å². The fourth-order valence-corrected chi connectivity index (χ4v) is 7.01. The maximum absolute atomic E-state index is 7.33. The van der Waals surface area contributed by atoms with Crippen LogP contribution in [0.2, 0.25) is 0 Å². The summed E-state index contributed by atoms with van der Waals surface area (Å²) in [5.74, 6) is 1.77. The molecule has 0 aromatic heterocycles. The molecule has 0 amide bonds. The van der Waals surface area contributed by atoms with Gasteiger partial charge in [-0.1, -0.05) is 92.2 Å². The number of benzene rings is 5. The van der Waals surface area contributed by atoms with Crippen molar-refractivity contribution in [3.8, 4) is 22.6 Å². The minimum Gasteiger partial charge on any atom is -0.497 e. The molecule has 1 aliphatic carbocycles. The molecule has 1 atom stereocenters. The van der Waals surface area contributed by atoms with Crippen LogP contribution in [0.25, 0.3) is 28.0 Å². The fraction of sp³-hybridized carbons (Fsp3) is 0.167. The van der Waals surface area contributed by atoms with Crippen molar-refractivity contribution in [2.75, 3.05) is 7.11 Å². The van der Waals surface area contributed by atoms with Crippen LogP contribution in [-0.4, -0.2) is 7.11 Å². The number of hydrogen-bond acceptors (Lipinski definition) is 2. The number of rotatable bonds is 3. The number of aryl methyl sites for hydroxylation is 1. The first kappa shape index (κ1) is 24.5. The molecule has 1 heterocycles. The lowest BCUT2D eigenvalue weighted by Crippen LogP contribution is -2.35. The second kappa shape index (κ2) is 8.72. The molecule has 1 aliphatic heterocycles. The lowest BCUT2D eigenvalue weighted by molar-refractivity contribution is 0.163. The van der Waals surface area contributed by atoms with E-state index >= 15 is 0 Å². The van der Waals surface area contributed by atoms with Crippen LogP contribution in [0.15, 0.2) is 97.1 Å². The Morgan fingerprint density at radius 1 is 0.795 bits per heavy atom. The van der Waals surface area contributed by atoms with Crippen molar-refractivity contribution >= 4 is 39.4 Å². The molecule has 5 aromatic rings. The van der Waals surface area contributed by atoms with Crippen molar-refractivity contribution < 1.29 is 9.47 Å². The van der Waals surface area contributed by atoms with E-state index in [1.807, 2.05) is 12.1 Å². The summed E-state index contributed by atoms with van der Waals surface area (Å²) in [4.78, 5) is 0. The first-order valence-corrected chi connectivity index (χ1v) is 14.4. The second-order valence-corrected chi connectivity index (χ2v) is 12.4. The minimum absolute atomic E-state index is 0.155. The van der Waals surface area contributed by atoms with Crippen LogP contribution in [0.3, 0.4) is 0 Å². The van der Waals surface area contributed by atoms with Gasteiger partial charge in [-0.2, -0.15) is 0 Å². The van der Waals surface area contributed by atoms with Crippen molar-refractivity contribution in [3.63, 3.8) is 0 Å². The highest BCUT2D eigenvalue weighted by Gasteiger charge is 2.44. The lowest BCUT2D eigenvalue weighted by Gasteiger charge is -2.38. The zero-order chi connectivity index (χ0) is 26.9. The van der Waals surface area contributed by atoms with Crippen molar-refractivity contribution in [1.82, 2.24) is 0 Å². The Morgan fingerprint density at radius 3 is 2.15 bits per heavy atom. The van der Waals surface area contributed by atoms with Crippen LogP contribution >= 0.6 is 22.6 Å². The Kier molecular flexibility index (Phi) is 5.47. The Balaban J connectivity index is 1.54. The zero-order valence-electron chi connectivity index (χ0n) is 22.5.